The van der Waals surface area contributed by atoms with Crippen LogP contribution in [0.25, 0.3) is 0 Å². The first-order valence-electron chi connectivity index (χ1n) is 6.05. The number of hydrogen-bond acceptors (Lipinski definition) is 3. The van der Waals surface area contributed by atoms with Crippen molar-refractivity contribution in [1.29, 1.82) is 0 Å². The van der Waals surface area contributed by atoms with Crippen LogP contribution in [-0.2, 0) is 16.0 Å². The molecule has 0 unspecified atom stereocenters. The number of hydrogen-bond donors (Lipinski definition) is 2. The largest absolute Gasteiger partial charge is 0.318 e. The summed E-state index contributed by atoms with van der Waals surface area (Å²) in [5.74, 6) is -1.47. The third kappa shape index (κ3) is 4.10. The van der Waals surface area contributed by atoms with Gasteiger partial charge < -0.3 is 5.32 Å². The van der Waals surface area contributed by atoms with Gasteiger partial charge in [0, 0.05) is 23.3 Å². The number of rotatable bonds is 4. The topological polar surface area (TPSA) is 70.3 Å². The summed E-state index contributed by atoms with van der Waals surface area (Å²) in [4.78, 5) is 23.8. The molecule has 0 bridgehead atoms. The minimum Gasteiger partial charge on any atom is -0.318 e. The van der Waals surface area contributed by atoms with Gasteiger partial charge in [-0.05, 0) is 17.7 Å². The van der Waals surface area contributed by atoms with E-state index in [9.17, 15) is 9.59 Å². The fourth-order valence-electron chi connectivity index (χ4n) is 1.64. The average molecular weight is 361 g/mol. The van der Waals surface area contributed by atoms with E-state index in [1.807, 2.05) is 0 Å². The predicted molar refractivity (Wildman–Crippen MR) is 82.6 cm³/mol. The van der Waals surface area contributed by atoms with Crippen LogP contribution in [0.5, 0.6) is 0 Å². The zero-order chi connectivity index (χ0) is 16.3. The molecule has 0 fully saturated rings. The van der Waals surface area contributed by atoms with E-state index in [-0.39, 0.29) is 27.2 Å². The second-order valence-electron chi connectivity index (χ2n) is 4.39. The highest BCUT2D eigenvalue weighted by atomic mass is 35.5. The van der Waals surface area contributed by atoms with E-state index in [2.05, 4.69) is 5.32 Å². The number of ketones is 1. The molecule has 1 aromatic heterocycles. The summed E-state index contributed by atoms with van der Waals surface area (Å²) in [5, 5.41) is 12.1. The summed E-state index contributed by atoms with van der Waals surface area (Å²) < 4.78 is 0.837. The van der Waals surface area contributed by atoms with Gasteiger partial charge in [0.25, 0.3) is 5.91 Å². The number of halogens is 3. The van der Waals surface area contributed by atoms with Crippen molar-refractivity contribution in [2.45, 2.75) is 6.42 Å². The molecule has 22 heavy (non-hydrogen) atoms. The van der Waals surface area contributed by atoms with Crippen LogP contribution in [0.2, 0.25) is 15.1 Å². The molecule has 2 N–H and O–H groups in total. The zero-order valence-electron chi connectivity index (χ0n) is 11.0. The number of Topliss-reactive ketones (excluding diaryl/α,β-unsaturated/α-hetero) is 1. The van der Waals surface area contributed by atoms with Gasteiger partial charge in [-0.25, -0.2) is 0 Å². The molecule has 1 heterocycles. The summed E-state index contributed by atoms with van der Waals surface area (Å²) in [6.07, 6.45) is 2.61. The molecule has 1 amide bonds. The molecule has 5 nitrogen and oxygen atoms in total. The van der Waals surface area contributed by atoms with Gasteiger partial charge in [0.2, 0.25) is 18.2 Å². The first-order chi connectivity index (χ1) is 10.4. The highest BCUT2D eigenvalue weighted by Crippen LogP contribution is 2.32. The van der Waals surface area contributed by atoms with Crippen LogP contribution in [0.3, 0.4) is 0 Å². The monoisotopic (exact) mass is 359 g/mol. The number of anilines is 1. The molecule has 0 aliphatic heterocycles. The quantitative estimate of drug-likeness (QED) is 0.381. The standard InChI is InChI=1S/C14H9Cl3N2O3/c15-9-6-11(17)12(7-10(9)16)18-14(21)13(20)5-8-1-3-19(22)4-2-8/h1-4,6-7H,5H2,(H-,18,21,22)/p+1. The van der Waals surface area contributed by atoms with Crippen molar-refractivity contribution in [2.24, 2.45) is 0 Å². The first-order valence-corrected chi connectivity index (χ1v) is 7.18. The molecule has 8 heteroatoms. The smallest absolute Gasteiger partial charge is 0.292 e. The number of benzene rings is 1. The number of carbonyl (C=O) groups excluding carboxylic acids is 2. The van der Waals surface area contributed by atoms with Crippen molar-refractivity contribution in [3.63, 3.8) is 0 Å². The van der Waals surface area contributed by atoms with Crippen LogP contribution >= 0.6 is 34.8 Å². The first kappa shape index (κ1) is 16.5. The van der Waals surface area contributed by atoms with Gasteiger partial charge in [-0.15, -0.1) is 0 Å². The Bertz CT molecular complexity index is 733. The van der Waals surface area contributed by atoms with E-state index >= 15 is 0 Å². The van der Waals surface area contributed by atoms with Gasteiger partial charge in [-0.1, -0.05) is 34.8 Å². The lowest BCUT2D eigenvalue weighted by atomic mass is 10.1. The van der Waals surface area contributed by atoms with Crippen LogP contribution in [0.15, 0.2) is 36.7 Å². The van der Waals surface area contributed by atoms with E-state index in [1.165, 1.54) is 36.7 Å². The van der Waals surface area contributed by atoms with E-state index < -0.39 is 11.7 Å². The van der Waals surface area contributed by atoms with Crippen LogP contribution in [0, 0.1) is 0 Å². The molecule has 0 atom stereocenters. The van der Waals surface area contributed by atoms with Gasteiger partial charge in [0.05, 0.1) is 20.8 Å². The molecule has 0 aliphatic carbocycles. The number of aromatic nitrogens is 1. The summed E-state index contributed by atoms with van der Waals surface area (Å²) in [5.41, 5.74) is 0.793. The van der Waals surface area contributed by atoms with Gasteiger partial charge in [-0.2, -0.15) is 0 Å². The van der Waals surface area contributed by atoms with E-state index in [0.29, 0.717) is 5.56 Å². The Morgan fingerprint density at radius 1 is 1.05 bits per heavy atom. The van der Waals surface area contributed by atoms with Crippen molar-refractivity contribution in [3.8, 4) is 0 Å². The lowest BCUT2D eigenvalue weighted by Crippen LogP contribution is -2.29. The summed E-state index contributed by atoms with van der Waals surface area (Å²) in [6.45, 7) is 0. The Morgan fingerprint density at radius 2 is 1.64 bits per heavy atom. The van der Waals surface area contributed by atoms with Crippen LogP contribution in [0.4, 0.5) is 5.69 Å². The molecule has 0 saturated heterocycles. The maximum Gasteiger partial charge on any atom is 0.292 e. The molecular formula is C14H10Cl3N2O3+. The fraction of sp³-hybridized carbons (Fsp3) is 0.0714. The maximum absolute atomic E-state index is 11.9. The number of pyridine rings is 1. The molecule has 0 spiro atoms. The Morgan fingerprint density at radius 3 is 2.27 bits per heavy atom. The molecule has 2 rings (SSSR count). The Balaban J connectivity index is 2.07. The normalized spacial score (nSPS) is 10.3. The predicted octanol–water partition coefficient (Wildman–Crippen LogP) is 2.92. The van der Waals surface area contributed by atoms with Crippen LogP contribution < -0.4 is 10.0 Å². The SMILES string of the molecule is O=C(Cc1cc[n+](O)cc1)C(=O)Nc1cc(Cl)c(Cl)cc1Cl. The van der Waals surface area contributed by atoms with Gasteiger partial charge in [0.1, 0.15) is 0 Å². The molecule has 114 valence electrons. The molecule has 2 aromatic rings. The third-order valence-electron chi connectivity index (χ3n) is 2.76. The summed E-state index contributed by atoms with van der Waals surface area (Å²) in [6, 6.07) is 5.80. The molecule has 1 aromatic carbocycles. The Kier molecular flexibility index (Phi) is 5.24. The maximum atomic E-state index is 11.9. The third-order valence-corrected chi connectivity index (χ3v) is 3.79. The molecule has 0 radical (unpaired) electrons. The van der Waals surface area contributed by atoms with Crippen molar-refractivity contribution in [3.05, 3.63) is 57.3 Å². The van der Waals surface area contributed by atoms with Crippen LogP contribution in [0.1, 0.15) is 5.56 Å². The molecule has 0 saturated carbocycles. The lowest BCUT2D eigenvalue weighted by molar-refractivity contribution is -0.904. The van der Waals surface area contributed by atoms with E-state index in [1.54, 1.807) is 0 Å². The fourth-order valence-corrected chi connectivity index (χ4v) is 2.24. The summed E-state index contributed by atoms with van der Waals surface area (Å²) in [7, 11) is 0. The van der Waals surface area contributed by atoms with Gasteiger partial charge in [-0.3, -0.25) is 14.8 Å². The average Bonchev–Trinajstić information content (AvgIpc) is 2.47. The summed E-state index contributed by atoms with van der Waals surface area (Å²) >= 11 is 17.6. The van der Waals surface area contributed by atoms with Gasteiger partial charge >= 0.3 is 0 Å². The van der Waals surface area contributed by atoms with Crippen molar-refractivity contribution >= 4 is 52.2 Å². The minimum atomic E-state index is -0.819. The van der Waals surface area contributed by atoms with Crippen molar-refractivity contribution in [1.82, 2.24) is 0 Å². The highest BCUT2D eigenvalue weighted by Gasteiger charge is 2.17. The van der Waals surface area contributed by atoms with Gasteiger partial charge in [0.15, 0.2) is 0 Å². The Hall–Kier alpha value is -1.82. The number of nitrogens with one attached hydrogen (secondary N) is 1. The number of nitrogens with zero attached hydrogens (tertiary/aromatic N) is 1. The van der Waals surface area contributed by atoms with Crippen molar-refractivity contribution < 1.29 is 19.5 Å². The molecular weight excluding hydrogens is 351 g/mol. The molecule has 0 aliphatic rings. The highest BCUT2D eigenvalue weighted by molar-refractivity contribution is 6.45. The van der Waals surface area contributed by atoms with Crippen molar-refractivity contribution in [2.75, 3.05) is 5.32 Å². The minimum absolute atomic E-state index is 0.106. The Labute approximate surface area is 141 Å². The van der Waals surface area contributed by atoms with E-state index in [4.69, 9.17) is 40.0 Å². The second-order valence-corrected chi connectivity index (χ2v) is 5.61. The second kappa shape index (κ2) is 6.96. The number of carbonyl (C=O) groups is 2. The van der Waals surface area contributed by atoms with Crippen LogP contribution in [-0.4, -0.2) is 16.9 Å². The number of amides is 1. The lowest BCUT2D eigenvalue weighted by Gasteiger charge is -2.08. The zero-order valence-corrected chi connectivity index (χ0v) is 13.3. The van der Waals surface area contributed by atoms with E-state index in [0.717, 1.165) is 4.73 Å².